The van der Waals surface area contributed by atoms with E-state index in [-0.39, 0.29) is 11.6 Å². The van der Waals surface area contributed by atoms with Gasteiger partial charge in [-0.25, -0.2) is 0 Å². The largest absolute Gasteiger partial charge is 0.392 e. The van der Waals surface area contributed by atoms with Gasteiger partial charge in [0, 0.05) is 19.6 Å². The van der Waals surface area contributed by atoms with Gasteiger partial charge in [0.15, 0.2) is 0 Å². The van der Waals surface area contributed by atoms with E-state index in [1.165, 1.54) is 5.56 Å². The molecule has 0 aliphatic carbocycles. The van der Waals surface area contributed by atoms with Crippen molar-refractivity contribution in [3.05, 3.63) is 35.9 Å². The molecule has 0 aromatic heterocycles. The number of aliphatic hydroxyl groups excluding tert-OH is 1. The van der Waals surface area contributed by atoms with Crippen molar-refractivity contribution in [2.75, 3.05) is 19.6 Å². The van der Waals surface area contributed by atoms with Crippen LogP contribution in [0.2, 0.25) is 0 Å². The van der Waals surface area contributed by atoms with Gasteiger partial charge in [-0.05, 0) is 18.4 Å². The van der Waals surface area contributed by atoms with Crippen molar-refractivity contribution in [1.82, 2.24) is 4.90 Å². The summed E-state index contributed by atoms with van der Waals surface area (Å²) in [5.41, 5.74) is 7.63. The van der Waals surface area contributed by atoms with Crippen LogP contribution >= 0.6 is 0 Å². The highest BCUT2D eigenvalue weighted by Crippen LogP contribution is 2.27. The van der Waals surface area contributed by atoms with Crippen LogP contribution in [-0.4, -0.2) is 35.7 Å². The van der Waals surface area contributed by atoms with Crippen molar-refractivity contribution < 1.29 is 5.11 Å². The molecule has 1 aliphatic rings. The van der Waals surface area contributed by atoms with E-state index in [2.05, 4.69) is 36.1 Å². The third kappa shape index (κ3) is 3.78. The second-order valence-corrected chi connectivity index (χ2v) is 5.80. The maximum atomic E-state index is 9.66. The molecule has 0 bridgehead atoms. The fourth-order valence-electron chi connectivity index (χ4n) is 2.93. The number of aliphatic hydroxyl groups is 1. The van der Waals surface area contributed by atoms with E-state index in [1.54, 1.807) is 0 Å². The van der Waals surface area contributed by atoms with E-state index in [9.17, 15) is 5.11 Å². The highest BCUT2D eigenvalue weighted by molar-refractivity contribution is 5.24. The molecule has 106 valence electrons. The smallest absolute Gasteiger partial charge is 0.0679 e. The maximum absolute atomic E-state index is 9.66. The minimum absolute atomic E-state index is 0.175. The van der Waals surface area contributed by atoms with E-state index in [4.69, 9.17) is 5.73 Å². The van der Waals surface area contributed by atoms with Gasteiger partial charge in [0.25, 0.3) is 0 Å². The summed E-state index contributed by atoms with van der Waals surface area (Å²) in [6, 6.07) is 10.4. The lowest BCUT2D eigenvalue weighted by atomic mass is 9.85. The van der Waals surface area contributed by atoms with E-state index in [1.807, 2.05) is 6.07 Å². The molecule has 1 aromatic rings. The number of rotatable bonds is 6. The Morgan fingerprint density at radius 3 is 2.68 bits per heavy atom. The second-order valence-electron chi connectivity index (χ2n) is 5.80. The first-order valence-corrected chi connectivity index (χ1v) is 7.39. The zero-order valence-electron chi connectivity index (χ0n) is 11.9. The van der Waals surface area contributed by atoms with Gasteiger partial charge in [-0.15, -0.1) is 0 Å². The van der Waals surface area contributed by atoms with Crippen LogP contribution in [0.3, 0.4) is 0 Å². The van der Waals surface area contributed by atoms with Crippen molar-refractivity contribution >= 4 is 0 Å². The van der Waals surface area contributed by atoms with E-state index in [0.717, 1.165) is 45.3 Å². The van der Waals surface area contributed by atoms with Gasteiger partial charge in [0.1, 0.15) is 0 Å². The Bertz CT molecular complexity index is 382. The van der Waals surface area contributed by atoms with E-state index < -0.39 is 0 Å². The van der Waals surface area contributed by atoms with E-state index in [0.29, 0.717) is 0 Å². The topological polar surface area (TPSA) is 49.5 Å². The molecule has 2 unspecified atom stereocenters. The quantitative estimate of drug-likeness (QED) is 0.825. The Labute approximate surface area is 116 Å². The molecule has 0 radical (unpaired) electrons. The third-order valence-electron chi connectivity index (χ3n) is 4.08. The predicted octanol–water partition coefficient (Wildman–Crippen LogP) is 2.10. The van der Waals surface area contributed by atoms with Crippen LogP contribution in [0.5, 0.6) is 0 Å². The van der Waals surface area contributed by atoms with Crippen LogP contribution in [0.4, 0.5) is 0 Å². The van der Waals surface area contributed by atoms with Gasteiger partial charge in [-0.1, -0.05) is 50.1 Å². The molecular formula is C16H26N2O. The zero-order valence-corrected chi connectivity index (χ0v) is 11.9. The summed E-state index contributed by atoms with van der Waals surface area (Å²) in [5, 5.41) is 9.66. The van der Waals surface area contributed by atoms with E-state index >= 15 is 0 Å². The average molecular weight is 262 g/mol. The summed E-state index contributed by atoms with van der Waals surface area (Å²) in [6.45, 7) is 4.76. The molecule has 0 spiro atoms. The molecule has 1 fully saturated rings. The molecule has 1 heterocycles. The lowest BCUT2D eigenvalue weighted by Crippen LogP contribution is -2.47. The molecule has 3 heteroatoms. The van der Waals surface area contributed by atoms with Crippen LogP contribution in [0, 0.1) is 0 Å². The molecular weight excluding hydrogens is 236 g/mol. The molecule has 1 aromatic carbocycles. The third-order valence-corrected chi connectivity index (χ3v) is 4.08. The Balaban J connectivity index is 2.10. The van der Waals surface area contributed by atoms with Crippen LogP contribution in [0.1, 0.15) is 38.2 Å². The monoisotopic (exact) mass is 262 g/mol. The molecule has 0 saturated carbocycles. The number of nitrogens with two attached hydrogens (primary N) is 1. The zero-order chi connectivity index (χ0) is 13.7. The molecule has 2 atom stereocenters. The van der Waals surface area contributed by atoms with Crippen LogP contribution < -0.4 is 5.73 Å². The standard InChI is InChI=1S/C16H26N2O/c1-2-3-10-16(17,14-7-5-4-6-8-14)13-18-11-9-15(19)12-18/h4-8,15,19H,2-3,9-13,17H2,1H3. The lowest BCUT2D eigenvalue weighted by molar-refractivity contribution is 0.162. The van der Waals surface area contributed by atoms with Crippen molar-refractivity contribution in [3.8, 4) is 0 Å². The number of β-amino-alcohol motifs (C(OH)–C–C–N with tert-alkyl or cyclic N) is 1. The maximum Gasteiger partial charge on any atom is 0.0679 e. The SMILES string of the molecule is CCCCC(N)(CN1CCC(O)C1)c1ccccc1. The number of likely N-dealkylation sites (tertiary alicyclic amines) is 1. The molecule has 0 amide bonds. The predicted molar refractivity (Wildman–Crippen MR) is 78.9 cm³/mol. The molecule has 3 N–H and O–H groups in total. The summed E-state index contributed by atoms with van der Waals surface area (Å²) in [4.78, 5) is 2.30. The molecule has 1 saturated heterocycles. The van der Waals surface area contributed by atoms with Crippen LogP contribution in [-0.2, 0) is 5.54 Å². The summed E-state index contributed by atoms with van der Waals surface area (Å²) in [6.07, 6.45) is 4.00. The Morgan fingerprint density at radius 2 is 2.11 bits per heavy atom. The lowest BCUT2D eigenvalue weighted by Gasteiger charge is -2.34. The Kier molecular flexibility index (Phi) is 4.97. The van der Waals surface area contributed by atoms with Crippen molar-refractivity contribution in [3.63, 3.8) is 0 Å². The van der Waals surface area contributed by atoms with Gasteiger partial charge < -0.3 is 10.8 Å². The molecule has 19 heavy (non-hydrogen) atoms. The van der Waals surface area contributed by atoms with Gasteiger partial charge in [0.05, 0.1) is 11.6 Å². The van der Waals surface area contributed by atoms with Crippen LogP contribution in [0.15, 0.2) is 30.3 Å². The Hall–Kier alpha value is -0.900. The van der Waals surface area contributed by atoms with Gasteiger partial charge >= 0.3 is 0 Å². The summed E-state index contributed by atoms with van der Waals surface area (Å²) >= 11 is 0. The van der Waals surface area contributed by atoms with Gasteiger partial charge in [-0.2, -0.15) is 0 Å². The number of benzene rings is 1. The summed E-state index contributed by atoms with van der Waals surface area (Å²) < 4.78 is 0. The fourth-order valence-corrected chi connectivity index (χ4v) is 2.93. The van der Waals surface area contributed by atoms with Gasteiger partial charge in [-0.3, -0.25) is 4.90 Å². The summed E-state index contributed by atoms with van der Waals surface area (Å²) in [7, 11) is 0. The number of unbranched alkanes of at least 4 members (excludes halogenated alkanes) is 1. The fraction of sp³-hybridized carbons (Fsp3) is 0.625. The minimum atomic E-state index is -0.290. The van der Waals surface area contributed by atoms with Crippen molar-refractivity contribution in [2.24, 2.45) is 5.73 Å². The molecule has 1 aliphatic heterocycles. The van der Waals surface area contributed by atoms with Crippen molar-refractivity contribution in [2.45, 2.75) is 44.2 Å². The van der Waals surface area contributed by atoms with Crippen LogP contribution in [0.25, 0.3) is 0 Å². The first kappa shape index (κ1) is 14.5. The molecule has 2 rings (SSSR count). The Morgan fingerprint density at radius 1 is 1.37 bits per heavy atom. The van der Waals surface area contributed by atoms with Crippen molar-refractivity contribution in [1.29, 1.82) is 0 Å². The first-order chi connectivity index (χ1) is 9.14. The minimum Gasteiger partial charge on any atom is -0.392 e. The average Bonchev–Trinajstić information content (AvgIpc) is 2.83. The normalized spacial score (nSPS) is 23.4. The first-order valence-electron chi connectivity index (χ1n) is 7.39. The second kappa shape index (κ2) is 6.51. The number of hydrogen-bond donors (Lipinski definition) is 2. The van der Waals surface area contributed by atoms with Gasteiger partial charge in [0.2, 0.25) is 0 Å². The highest BCUT2D eigenvalue weighted by Gasteiger charge is 2.32. The summed E-state index contributed by atoms with van der Waals surface area (Å²) in [5.74, 6) is 0. The number of hydrogen-bond acceptors (Lipinski definition) is 3. The highest BCUT2D eigenvalue weighted by atomic mass is 16.3. The molecule has 3 nitrogen and oxygen atoms in total. The number of nitrogens with zero attached hydrogens (tertiary/aromatic N) is 1.